The molecule has 0 amide bonds. The van der Waals surface area contributed by atoms with Gasteiger partial charge in [-0.15, -0.1) is 0 Å². The molecule has 2 aliphatic rings. The highest BCUT2D eigenvalue weighted by atomic mass is 16.5. The Kier molecular flexibility index (Phi) is 2.13. The number of ether oxygens (including phenoxy) is 1. The van der Waals surface area contributed by atoms with E-state index < -0.39 is 0 Å². The Hall–Kier alpha value is -0.0800. The standard InChI is InChI=1S/C10H19NO/c1-8-9(2)12-10(7-11-8)5-3-4-6-10/h8-9,11H,3-7H2,1-2H3. The number of hydrogen-bond acceptors (Lipinski definition) is 2. The number of nitrogens with one attached hydrogen (secondary N) is 1. The van der Waals surface area contributed by atoms with Gasteiger partial charge in [0, 0.05) is 12.6 Å². The summed E-state index contributed by atoms with van der Waals surface area (Å²) in [5, 5.41) is 3.54. The SMILES string of the molecule is CC1NCC2(CCCC2)OC1C. The van der Waals surface area contributed by atoms with E-state index in [2.05, 4.69) is 19.2 Å². The molecule has 1 aliphatic heterocycles. The molecule has 2 heteroatoms. The summed E-state index contributed by atoms with van der Waals surface area (Å²) < 4.78 is 6.08. The van der Waals surface area contributed by atoms with Crippen molar-refractivity contribution in [3.05, 3.63) is 0 Å². The molecule has 0 aromatic heterocycles. The summed E-state index contributed by atoms with van der Waals surface area (Å²) >= 11 is 0. The van der Waals surface area contributed by atoms with Crippen LogP contribution in [0.5, 0.6) is 0 Å². The molecule has 1 aliphatic carbocycles. The van der Waals surface area contributed by atoms with Gasteiger partial charge in [0.2, 0.25) is 0 Å². The van der Waals surface area contributed by atoms with Crippen molar-refractivity contribution in [1.29, 1.82) is 0 Å². The maximum Gasteiger partial charge on any atom is 0.0810 e. The first-order valence-electron chi connectivity index (χ1n) is 5.13. The van der Waals surface area contributed by atoms with Crippen LogP contribution in [0.2, 0.25) is 0 Å². The van der Waals surface area contributed by atoms with Crippen molar-refractivity contribution in [2.45, 2.75) is 57.3 Å². The van der Waals surface area contributed by atoms with Crippen LogP contribution < -0.4 is 5.32 Å². The lowest BCUT2D eigenvalue weighted by Gasteiger charge is -2.41. The van der Waals surface area contributed by atoms with Crippen LogP contribution in [-0.2, 0) is 4.74 Å². The van der Waals surface area contributed by atoms with Crippen LogP contribution >= 0.6 is 0 Å². The van der Waals surface area contributed by atoms with Gasteiger partial charge in [0.15, 0.2) is 0 Å². The van der Waals surface area contributed by atoms with E-state index in [0.717, 1.165) is 6.54 Å². The molecule has 2 fully saturated rings. The molecule has 0 aromatic carbocycles. The predicted molar refractivity (Wildman–Crippen MR) is 49.2 cm³/mol. The summed E-state index contributed by atoms with van der Waals surface area (Å²) in [6, 6.07) is 0.524. The van der Waals surface area contributed by atoms with Gasteiger partial charge in [0.1, 0.15) is 0 Å². The summed E-state index contributed by atoms with van der Waals surface area (Å²) in [6.07, 6.45) is 5.61. The second-order valence-corrected chi connectivity index (χ2v) is 4.38. The Morgan fingerprint density at radius 3 is 2.50 bits per heavy atom. The molecule has 2 atom stereocenters. The first-order valence-corrected chi connectivity index (χ1v) is 5.13. The van der Waals surface area contributed by atoms with Gasteiger partial charge in [0.25, 0.3) is 0 Å². The maximum absolute atomic E-state index is 6.08. The predicted octanol–water partition coefficient (Wildman–Crippen LogP) is 1.70. The fraction of sp³-hybridized carbons (Fsp3) is 1.00. The smallest absolute Gasteiger partial charge is 0.0810 e. The van der Waals surface area contributed by atoms with Crippen molar-refractivity contribution in [2.24, 2.45) is 0 Å². The van der Waals surface area contributed by atoms with E-state index in [1.165, 1.54) is 25.7 Å². The van der Waals surface area contributed by atoms with Crippen LogP contribution in [0, 0.1) is 0 Å². The average molecular weight is 169 g/mol. The molecule has 1 spiro atoms. The average Bonchev–Trinajstić information content (AvgIpc) is 2.47. The number of morpholine rings is 1. The molecule has 0 aromatic rings. The molecule has 1 heterocycles. The zero-order chi connectivity index (χ0) is 8.60. The van der Waals surface area contributed by atoms with E-state index >= 15 is 0 Å². The molecule has 12 heavy (non-hydrogen) atoms. The van der Waals surface area contributed by atoms with Gasteiger partial charge in [-0.05, 0) is 26.7 Å². The summed E-state index contributed by atoms with van der Waals surface area (Å²) in [5.74, 6) is 0. The van der Waals surface area contributed by atoms with E-state index in [1.54, 1.807) is 0 Å². The Balaban J connectivity index is 2.01. The zero-order valence-corrected chi connectivity index (χ0v) is 8.10. The molecular weight excluding hydrogens is 150 g/mol. The van der Waals surface area contributed by atoms with E-state index in [-0.39, 0.29) is 5.60 Å². The lowest BCUT2D eigenvalue weighted by molar-refractivity contribution is -0.121. The molecule has 0 radical (unpaired) electrons. The highest BCUT2D eigenvalue weighted by molar-refractivity contribution is 4.94. The molecule has 0 bridgehead atoms. The Morgan fingerprint density at radius 1 is 1.25 bits per heavy atom. The van der Waals surface area contributed by atoms with E-state index in [1.807, 2.05) is 0 Å². The Labute approximate surface area is 74.7 Å². The van der Waals surface area contributed by atoms with Gasteiger partial charge in [-0.2, -0.15) is 0 Å². The Morgan fingerprint density at radius 2 is 1.92 bits per heavy atom. The van der Waals surface area contributed by atoms with Crippen LogP contribution in [0.4, 0.5) is 0 Å². The second-order valence-electron chi connectivity index (χ2n) is 4.38. The van der Waals surface area contributed by atoms with Crippen molar-refractivity contribution >= 4 is 0 Å². The quantitative estimate of drug-likeness (QED) is 0.596. The van der Waals surface area contributed by atoms with Crippen molar-refractivity contribution in [3.63, 3.8) is 0 Å². The van der Waals surface area contributed by atoms with Crippen LogP contribution in [0.1, 0.15) is 39.5 Å². The molecule has 1 saturated carbocycles. The van der Waals surface area contributed by atoms with Gasteiger partial charge >= 0.3 is 0 Å². The van der Waals surface area contributed by atoms with Crippen LogP contribution in [0.3, 0.4) is 0 Å². The monoisotopic (exact) mass is 169 g/mol. The van der Waals surface area contributed by atoms with Gasteiger partial charge in [0.05, 0.1) is 11.7 Å². The molecule has 2 rings (SSSR count). The maximum atomic E-state index is 6.08. The van der Waals surface area contributed by atoms with Crippen LogP contribution in [-0.4, -0.2) is 24.3 Å². The minimum Gasteiger partial charge on any atom is -0.369 e. The molecule has 2 nitrogen and oxygen atoms in total. The van der Waals surface area contributed by atoms with Crippen LogP contribution in [0.15, 0.2) is 0 Å². The lowest BCUT2D eigenvalue weighted by Crippen LogP contribution is -2.56. The summed E-state index contributed by atoms with van der Waals surface area (Å²) in [7, 11) is 0. The highest BCUT2D eigenvalue weighted by Crippen LogP contribution is 2.36. The Bertz CT molecular complexity index is 163. The minimum atomic E-state index is 0.214. The highest BCUT2D eigenvalue weighted by Gasteiger charge is 2.40. The third kappa shape index (κ3) is 1.38. The van der Waals surface area contributed by atoms with Gasteiger partial charge in [-0.3, -0.25) is 0 Å². The van der Waals surface area contributed by atoms with Crippen LogP contribution in [0.25, 0.3) is 0 Å². The van der Waals surface area contributed by atoms with Crippen molar-refractivity contribution in [1.82, 2.24) is 5.32 Å². The van der Waals surface area contributed by atoms with Gasteiger partial charge < -0.3 is 10.1 Å². The van der Waals surface area contributed by atoms with Crippen molar-refractivity contribution in [3.8, 4) is 0 Å². The fourth-order valence-corrected chi connectivity index (χ4v) is 2.36. The van der Waals surface area contributed by atoms with E-state index in [9.17, 15) is 0 Å². The number of hydrogen-bond donors (Lipinski definition) is 1. The number of rotatable bonds is 0. The van der Waals surface area contributed by atoms with Gasteiger partial charge in [-0.1, -0.05) is 12.8 Å². The summed E-state index contributed by atoms with van der Waals surface area (Å²) in [4.78, 5) is 0. The zero-order valence-electron chi connectivity index (χ0n) is 8.10. The van der Waals surface area contributed by atoms with Crippen molar-refractivity contribution < 1.29 is 4.74 Å². The van der Waals surface area contributed by atoms with E-state index in [4.69, 9.17) is 4.74 Å². The second kappa shape index (κ2) is 3.00. The normalized spacial score (nSPS) is 40.5. The molecule has 1 N–H and O–H groups in total. The third-order valence-corrected chi connectivity index (χ3v) is 3.40. The first-order chi connectivity index (χ1) is 5.72. The largest absolute Gasteiger partial charge is 0.369 e. The molecule has 1 saturated heterocycles. The lowest BCUT2D eigenvalue weighted by atomic mass is 9.97. The topological polar surface area (TPSA) is 21.3 Å². The minimum absolute atomic E-state index is 0.214. The molecule has 70 valence electrons. The summed E-state index contributed by atoms with van der Waals surface area (Å²) in [6.45, 7) is 5.45. The third-order valence-electron chi connectivity index (χ3n) is 3.40. The first kappa shape index (κ1) is 8.52. The van der Waals surface area contributed by atoms with E-state index in [0.29, 0.717) is 12.1 Å². The van der Waals surface area contributed by atoms with Gasteiger partial charge in [-0.25, -0.2) is 0 Å². The molecule has 2 unspecified atom stereocenters. The summed E-state index contributed by atoms with van der Waals surface area (Å²) in [5.41, 5.74) is 0.214. The van der Waals surface area contributed by atoms with Crippen molar-refractivity contribution in [2.75, 3.05) is 6.54 Å². The fourth-order valence-electron chi connectivity index (χ4n) is 2.36. The molecular formula is C10H19NO.